The summed E-state index contributed by atoms with van der Waals surface area (Å²) in [4.78, 5) is 11.4. The Labute approximate surface area is 131 Å². The van der Waals surface area contributed by atoms with E-state index in [1.54, 1.807) is 0 Å². The summed E-state index contributed by atoms with van der Waals surface area (Å²) in [7, 11) is 0. The van der Waals surface area contributed by atoms with Gasteiger partial charge in [-0.25, -0.2) is 4.98 Å². The molecule has 1 spiro atoms. The van der Waals surface area contributed by atoms with Crippen molar-refractivity contribution < 1.29 is 9.47 Å². The van der Waals surface area contributed by atoms with E-state index in [1.807, 2.05) is 12.3 Å². The van der Waals surface area contributed by atoms with Crippen LogP contribution in [-0.4, -0.2) is 54.5 Å². The van der Waals surface area contributed by atoms with E-state index < -0.39 is 0 Å². The van der Waals surface area contributed by atoms with Crippen LogP contribution in [0.3, 0.4) is 0 Å². The third kappa shape index (κ3) is 2.90. The van der Waals surface area contributed by atoms with E-state index in [-0.39, 0.29) is 5.60 Å². The number of nitrogens with zero attached hydrogens (tertiary/aromatic N) is 3. The number of ether oxygens (including phenoxy) is 2. The zero-order valence-corrected chi connectivity index (χ0v) is 13.0. The van der Waals surface area contributed by atoms with Gasteiger partial charge in [-0.2, -0.15) is 4.98 Å². The fraction of sp³-hybridized carbons (Fsp3) is 0.750. The molecule has 1 N–H and O–H groups in total. The molecule has 0 bridgehead atoms. The lowest BCUT2D eigenvalue weighted by Gasteiger charge is -2.48. The molecule has 3 fully saturated rings. The maximum Gasteiger partial charge on any atom is 0.227 e. The van der Waals surface area contributed by atoms with Gasteiger partial charge in [0.05, 0.1) is 24.9 Å². The van der Waals surface area contributed by atoms with Crippen molar-refractivity contribution in [2.75, 3.05) is 43.1 Å². The van der Waals surface area contributed by atoms with Crippen molar-refractivity contribution in [2.45, 2.75) is 43.7 Å². The Bertz CT molecular complexity index is 515. The average molecular weight is 304 g/mol. The van der Waals surface area contributed by atoms with Gasteiger partial charge in [0, 0.05) is 25.9 Å². The summed E-state index contributed by atoms with van der Waals surface area (Å²) in [5, 5.41) is 3.48. The van der Waals surface area contributed by atoms with E-state index in [0.29, 0.717) is 6.04 Å². The first-order chi connectivity index (χ1) is 10.8. The normalized spacial score (nSPS) is 27.5. The summed E-state index contributed by atoms with van der Waals surface area (Å²) >= 11 is 0. The Morgan fingerprint density at radius 3 is 3.00 bits per heavy atom. The molecule has 1 aromatic rings. The topological polar surface area (TPSA) is 59.5 Å². The SMILES string of the molecule is c1cc(N[C@H]2CCCOC2)nc(N2CCOC3(CCC3)C2)n1. The third-order valence-corrected chi connectivity index (χ3v) is 4.95. The molecular formula is C16H24N4O2. The minimum atomic E-state index is 0.0717. The van der Waals surface area contributed by atoms with Gasteiger partial charge in [-0.3, -0.25) is 0 Å². The number of anilines is 2. The lowest BCUT2D eigenvalue weighted by atomic mass is 9.79. The van der Waals surface area contributed by atoms with Crippen LogP contribution >= 0.6 is 0 Å². The molecule has 2 aliphatic heterocycles. The van der Waals surface area contributed by atoms with Crippen LogP contribution in [0, 0.1) is 0 Å². The van der Waals surface area contributed by atoms with E-state index in [4.69, 9.17) is 14.5 Å². The minimum Gasteiger partial charge on any atom is -0.379 e. The summed E-state index contributed by atoms with van der Waals surface area (Å²) in [5.41, 5.74) is 0.0717. The fourth-order valence-electron chi connectivity index (χ4n) is 3.53. The quantitative estimate of drug-likeness (QED) is 0.919. The van der Waals surface area contributed by atoms with Gasteiger partial charge in [-0.15, -0.1) is 0 Å². The number of hydrogen-bond donors (Lipinski definition) is 1. The predicted molar refractivity (Wildman–Crippen MR) is 84.2 cm³/mol. The molecule has 1 saturated carbocycles. The second-order valence-electron chi connectivity index (χ2n) is 6.61. The maximum absolute atomic E-state index is 5.98. The monoisotopic (exact) mass is 304 g/mol. The molecule has 1 aliphatic carbocycles. The number of rotatable bonds is 3. The van der Waals surface area contributed by atoms with Gasteiger partial charge >= 0.3 is 0 Å². The van der Waals surface area contributed by atoms with Crippen LogP contribution in [0.1, 0.15) is 32.1 Å². The van der Waals surface area contributed by atoms with Crippen LogP contribution in [0.25, 0.3) is 0 Å². The number of nitrogens with one attached hydrogen (secondary N) is 1. The third-order valence-electron chi connectivity index (χ3n) is 4.95. The molecule has 120 valence electrons. The van der Waals surface area contributed by atoms with Crippen molar-refractivity contribution in [1.29, 1.82) is 0 Å². The Hall–Kier alpha value is -1.40. The number of morpholine rings is 1. The van der Waals surface area contributed by atoms with Crippen molar-refractivity contribution in [3.05, 3.63) is 12.3 Å². The lowest BCUT2D eigenvalue weighted by Crippen LogP contribution is -2.56. The first-order valence-electron chi connectivity index (χ1n) is 8.39. The minimum absolute atomic E-state index is 0.0717. The Kier molecular flexibility index (Phi) is 3.88. The van der Waals surface area contributed by atoms with Gasteiger partial charge in [0.1, 0.15) is 5.82 Å². The van der Waals surface area contributed by atoms with Crippen LogP contribution in [-0.2, 0) is 9.47 Å². The molecule has 0 aromatic carbocycles. The van der Waals surface area contributed by atoms with Crippen molar-refractivity contribution >= 4 is 11.8 Å². The van der Waals surface area contributed by atoms with E-state index in [0.717, 1.165) is 57.5 Å². The van der Waals surface area contributed by atoms with E-state index in [2.05, 4.69) is 15.2 Å². The highest BCUT2D eigenvalue weighted by atomic mass is 16.5. The van der Waals surface area contributed by atoms with Crippen LogP contribution in [0.15, 0.2) is 12.3 Å². The summed E-state index contributed by atoms with van der Waals surface area (Å²) < 4.78 is 11.5. The summed E-state index contributed by atoms with van der Waals surface area (Å²) in [6.07, 6.45) is 7.71. The molecular weight excluding hydrogens is 280 g/mol. The van der Waals surface area contributed by atoms with Gasteiger partial charge in [0.25, 0.3) is 0 Å². The lowest BCUT2D eigenvalue weighted by molar-refractivity contribution is -0.107. The van der Waals surface area contributed by atoms with E-state index >= 15 is 0 Å². The van der Waals surface area contributed by atoms with Gasteiger partial charge in [0.2, 0.25) is 5.95 Å². The molecule has 2 saturated heterocycles. The zero-order valence-electron chi connectivity index (χ0n) is 13.0. The van der Waals surface area contributed by atoms with Crippen molar-refractivity contribution in [3.8, 4) is 0 Å². The molecule has 6 nitrogen and oxygen atoms in total. The second kappa shape index (κ2) is 6.01. The molecule has 3 aliphatic rings. The molecule has 6 heteroatoms. The highest BCUT2D eigenvalue weighted by Crippen LogP contribution is 2.38. The molecule has 4 rings (SSSR count). The van der Waals surface area contributed by atoms with Gasteiger partial charge in [-0.05, 0) is 38.2 Å². The average Bonchev–Trinajstić information content (AvgIpc) is 2.55. The smallest absolute Gasteiger partial charge is 0.227 e. The highest BCUT2D eigenvalue weighted by molar-refractivity contribution is 5.42. The molecule has 0 unspecified atom stereocenters. The van der Waals surface area contributed by atoms with Crippen molar-refractivity contribution in [2.24, 2.45) is 0 Å². The van der Waals surface area contributed by atoms with E-state index in [9.17, 15) is 0 Å². The van der Waals surface area contributed by atoms with Crippen LogP contribution in [0.2, 0.25) is 0 Å². The molecule has 1 aromatic heterocycles. The molecule has 0 amide bonds. The highest BCUT2D eigenvalue weighted by Gasteiger charge is 2.42. The Balaban J connectivity index is 1.44. The fourth-order valence-corrected chi connectivity index (χ4v) is 3.53. The Morgan fingerprint density at radius 2 is 2.23 bits per heavy atom. The molecule has 3 heterocycles. The Morgan fingerprint density at radius 1 is 1.27 bits per heavy atom. The molecule has 22 heavy (non-hydrogen) atoms. The maximum atomic E-state index is 5.98. The first-order valence-corrected chi connectivity index (χ1v) is 8.39. The predicted octanol–water partition coefficient (Wildman–Crippen LogP) is 1.83. The van der Waals surface area contributed by atoms with Crippen molar-refractivity contribution in [3.63, 3.8) is 0 Å². The van der Waals surface area contributed by atoms with Gasteiger partial charge in [-0.1, -0.05) is 0 Å². The largest absolute Gasteiger partial charge is 0.379 e. The summed E-state index contributed by atoms with van der Waals surface area (Å²) in [6, 6.07) is 2.30. The van der Waals surface area contributed by atoms with Crippen molar-refractivity contribution in [1.82, 2.24) is 9.97 Å². The first kappa shape index (κ1) is 14.2. The van der Waals surface area contributed by atoms with Crippen LogP contribution in [0.4, 0.5) is 11.8 Å². The second-order valence-corrected chi connectivity index (χ2v) is 6.61. The number of hydrogen-bond acceptors (Lipinski definition) is 6. The van der Waals surface area contributed by atoms with Crippen LogP contribution in [0.5, 0.6) is 0 Å². The molecule has 0 radical (unpaired) electrons. The van der Waals surface area contributed by atoms with E-state index in [1.165, 1.54) is 19.3 Å². The number of aromatic nitrogens is 2. The van der Waals surface area contributed by atoms with Gasteiger partial charge in [0.15, 0.2) is 0 Å². The molecule has 1 atom stereocenters. The summed E-state index contributed by atoms with van der Waals surface area (Å²) in [6.45, 7) is 4.21. The zero-order chi connectivity index (χ0) is 14.8. The standard InChI is InChI=1S/C16H24N4O2/c1-3-13(11-21-9-1)18-14-4-7-17-15(19-14)20-8-10-22-16(12-20)5-2-6-16/h4,7,13H,1-3,5-6,8-12H2,(H,17,18,19)/t13-/m0/s1. The van der Waals surface area contributed by atoms with Crippen LogP contribution < -0.4 is 10.2 Å². The van der Waals surface area contributed by atoms with Gasteiger partial charge < -0.3 is 19.7 Å². The summed E-state index contributed by atoms with van der Waals surface area (Å²) in [5.74, 6) is 1.71.